The Morgan fingerprint density at radius 1 is 1.36 bits per heavy atom. The zero-order valence-electron chi connectivity index (χ0n) is 7.72. The van der Waals surface area contributed by atoms with Gasteiger partial charge in [-0.25, -0.2) is 0 Å². The number of hydrogen-bond donors (Lipinski definition) is 1. The van der Waals surface area contributed by atoms with Crippen LogP contribution in [0.1, 0.15) is 6.42 Å². The maximum atomic E-state index is 11.7. The lowest BCUT2D eigenvalue weighted by atomic mass is 10.0. The SMILES string of the molecule is NC1CSCC1CCOCC(F)(F)F. The zero-order chi connectivity index (χ0) is 10.6. The molecule has 1 aliphatic rings. The van der Waals surface area contributed by atoms with Crippen LogP contribution in [0.25, 0.3) is 0 Å². The predicted octanol–water partition coefficient (Wildman–Crippen LogP) is 1.65. The lowest BCUT2D eigenvalue weighted by Gasteiger charge is -2.14. The number of nitrogens with two attached hydrogens (primary N) is 1. The van der Waals surface area contributed by atoms with Crippen LogP contribution in [0.5, 0.6) is 0 Å². The maximum Gasteiger partial charge on any atom is 0.411 e. The minimum Gasteiger partial charge on any atom is -0.372 e. The number of ether oxygens (including phenoxy) is 1. The van der Waals surface area contributed by atoms with Crippen molar-refractivity contribution in [2.45, 2.75) is 18.6 Å². The molecule has 1 heterocycles. The normalized spacial score (nSPS) is 28.3. The molecule has 0 amide bonds. The molecule has 2 atom stereocenters. The molecule has 6 heteroatoms. The Hall–Kier alpha value is 0.0600. The number of hydrogen-bond acceptors (Lipinski definition) is 3. The molecule has 1 rings (SSSR count). The van der Waals surface area contributed by atoms with Gasteiger partial charge in [-0.1, -0.05) is 0 Å². The fourth-order valence-electron chi connectivity index (χ4n) is 1.34. The summed E-state index contributed by atoms with van der Waals surface area (Å²) in [7, 11) is 0. The number of thioether (sulfide) groups is 1. The van der Waals surface area contributed by atoms with Gasteiger partial charge in [0.05, 0.1) is 0 Å². The summed E-state index contributed by atoms with van der Waals surface area (Å²) < 4.78 is 39.6. The molecule has 0 aromatic heterocycles. The van der Waals surface area contributed by atoms with E-state index in [0.717, 1.165) is 11.5 Å². The molecule has 0 bridgehead atoms. The Labute approximate surface area is 85.4 Å². The van der Waals surface area contributed by atoms with E-state index in [2.05, 4.69) is 4.74 Å². The fraction of sp³-hybridized carbons (Fsp3) is 1.00. The number of alkyl halides is 3. The summed E-state index contributed by atoms with van der Waals surface area (Å²) in [5.74, 6) is 2.16. The third kappa shape index (κ3) is 4.52. The smallest absolute Gasteiger partial charge is 0.372 e. The molecular weight excluding hydrogens is 215 g/mol. The number of halogens is 3. The third-order valence-corrected chi connectivity index (χ3v) is 3.43. The van der Waals surface area contributed by atoms with Gasteiger partial charge in [-0.05, 0) is 18.1 Å². The van der Waals surface area contributed by atoms with Crippen molar-refractivity contribution in [3.05, 3.63) is 0 Å². The van der Waals surface area contributed by atoms with Gasteiger partial charge in [0.2, 0.25) is 0 Å². The lowest BCUT2D eigenvalue weighted by Crippen LogP contribution is -2.29. The van der Waals surface area contributed by atoms with Crippen molar-refractivity contribution in [2.24, 2.45) is 11.7 Å². The van der Waals surface area contributed by atoms with Gasteiger partial charge in [-0.15, -0.1) is 0 Å². The van der Waals surface area contributed by atoms with Crippen LogP contribution in [-0.4, -0.2) is 36.9 Å². The van der Waals surface area contributed by atoms with Crippen molar-refractivity contribution < 1.29 is 17.9 Å². The average Bonchev–Trinajstić information content (AvgIpc) is 2.44. The first-order chi connectivity index (χ1) is 6.49. The van der Waals surface area contributed by atoms with E-state index in [4.69, 9.17) is 5.73 Å². The summed E-state index contributed by atoms with van der Waals surface area (Å²) in [6.07, 6.45) is -3.59. The van der Waals surface area contributed by atoms with E-state index in [9.17, 15) is 13.2 Å². The van der Waals surface area contributed by atoms with Crippen LogP contribution in [0.4, 0.5) is 13.2 Å². The summed E-state index contributed by atoms with van der Waals surface area (Å²) in [4.78, 5) is 0. The van der Waals surface area contributed by atoms with Gasteiger partial charge < -0.3 is 10.5 Å². The topological polar surface area (TPSA) is 35.2 Å². The lowest BCUT2D eigenvalue weighted by molar-refractivity contribution is -0.174. The van der Waals surface area contributed by atoms with Crippen molar-refractivity contribution >= 4 is 11.8 Å². The monoisotopic (exact) mass is 229 g/mol. The third-order valence-electron chi connectivity index (χ3n) is 2.15. The highest BCUT2D eigenvalue weighted by molar-refractivity contribution is 7.99. The first-order valence-electron chi connectivity index (χ1n) is 4.47. The minimum atomic E-state index is -4.22. The van der Waals surface area contributed by atoms with Gasteiger partial charge in [-0.3, -0.25) is 0 Å². The number of rotatable bonds is 4. The van der Waals surface area contributed by atoms with Crippen LogP contribution in [0, 0.1) is 5.92 Å². The van der Waals surface area contributed by atoms with Crippen molar-refractivity contribution in [1.82, 2.24) is 0 Å². The van der Waals surface area contributed by atoms with Gasteiger partial charge in [0.25, 0.3) is 0 Å². The summed E-state index contributed by atoms with van der Waals surface area (Å²) in [5, 5.41) is 0. The van der Waals surface area contributed by atoms with Crippen LogP contribution in [0.2, 0.25) is 0 Å². The Balaban J connectivity index is 2.04. The summed E-state index contributed by atoms with van der Waals surface area (Å²) in [6, 6.07) is 0.120. The van der Waals surface area contributed by atoms with Crippen LogP contribution in [0.3, 0.4) is 0 Å². The highest BCUT2D eigenvalue weighted by Gasteiger charge is 2.28. The fourth-order valence-corrected chi connectivity index (χ4v) is 2.73. The second-order valence-electron chi connectivity index (χ2n) is 3.42. The van der Waals surface area contributed by atoms with Gasteiger partial charge >= 0.3 is 6.18 Å². The van der Waals surface area contributed by atoms with E-state index in [1.54, 1.807) is 11.8 Å². The van der Waals surface area contributed by atoms with E-state index in [0.29, 0.717) is 12.3 Å². The first-order valence-corrected chi connectivity index (χ1v) is 5.62. The minimum absolute atomic E-state index is 0.120. The second-order valence-corrected chi connectivity index (χ2v) is 4.49. The van der Waals surface area contributed by atoms with Crippen molar-refractivity contribution in [1.29, 1.82) is 0 Å². The molecule has 0 radical (unpaired) electrons. The van der Waals surface area contributed by atoms with Crippen LogP contribution >= 0.6 is 11.8 Å². The van der Waals surface area contributed by atoms with E-state index >= 15 is 0 Å². The Morgan fingerprint density at radius 2 is 2.07 bits per heavy atom. The van der Waals surface area contributed by atoms with E-state index in [1.165, 1.54) is 0 Å². The first kappa shape index (κ1) is 12.1. The quantitative estimate of drug-likeness (QED) is 0.744. The van der Waals surface area contributed by atoms with Crippen molar-refractivity contribution in [2.75, 3.05) is 24.7 Å². The van der Waals surface area contributed by atoms with Crippen LogP contribution < -0.4 is 5.73 Å². The second kappa shape index (κ2) is 5.23. The van der Waals surface area contributed by atoms with E-state index in [-0.39, 0.29) is 12.6 Å². The molecule has 1 saturated heterocycles. The molecule has 84 valence electrons. The van der Waals surface area contributed by atoms with Gasteiger partial charge in [0.15, 0.2) is 0 Å². The highest BCUT2D eigenvalue weighted by atomic mass is 32.2. The Morgan fingerprint density at radius 3 is 2.57 bits per heavy atom. The summed E-state index contributed by atoms with van der Waals surface area (Å²) in [6.45, 7) is -0.999. The molecular formula is C8H14F3NOS. The van der Waals surface area contributed by atoms with E-state index in [1.807, 2.05) is 0 Å². The predicted molar refractivity (Wildman–Crippen MR) is 50.3 cm³/mol. The van der Waals surface area contributed by atoms with Gasteiger partial charge in [-0.2, -0.15) is 24.9 Å². The largest absolute Gasteiger partial charge is 0.411 e. The molecule has 0 saturated carbocycles. The molecule has 14 heavy (non-hydrogen) atoms. The van der Waals surface area contributed by atoms with Gasteiger partial charge in [0.1, 0.15) is 6.61 Å². The van der Waals surface area contributed by atoms with E-state index < -0.39 is 12.8 Å². The Kier molecular flexibility index (Phi) is 4.53. The van der Waals surface area contributed by atoms with Crippen molar-refractivity contribution in [3.63, 3.8) is 0 Å². The molecule has 0 aliphatic carbocycles. The molecule has 0 aromatic rings. The van der Waals surface area contributed by atoms with Gasteiger partial charge in [0, 0.05) is 18.4 Å². The highest BCUT2D eigenvalue weighted by Crippen LogP contribution is 2.25. The van der Waals surface area contributed by atoms with Crippen molar-refractivity contribution in [3.8, 4) is 0 Å². The molecule has 2 nitrogen and oxygen atoms in total. The summed E-state index contributed by atoms with van der Waals surface area (Å²) in [5.41, 5.74) is 5.75. The molecule has 0 spiro atoms. The molecule has 0 aromatic carbocycles. The summed E-state index contributed by atoms with van der Waals surface area (Å²) >= 11 is 1.75. The zero-order valence-corrected chi connectivity index (χ0v) is 8.53. The molecule has 2 N–H and O–H groups in total. The van der Waals surface area contributed by atoms with Crippen LogP contribution in [-0.2, 0) is 4.74 Å². The average molecular weight is 229 g/mol. The molecule has 1 fully saturated rings. The molecule has 1 aliphatic heterocycles. The van der Waals surface area contributed by atoms with Crippen LogP contribution in [0.15, 0.2) is 0 Å². The maximum absolute atomic E-state index is 11.7. The standard InChI is InChI=1S/C8H14F3NOS/c9-8(10,11)5-13-2-1-6-3-14-4-7(6)12/h6-7H,1-5,12H2. The molecule has 2 unspecified atom stereocenters. The Bertz CT molecular complexity index is 176.